The van der Waals surface area contributed by atoms with E-state index in [0.717, 1.165) is 82.8 Å². The van der Waals surface area contributed by atoms with Gasteiger partial charge >= 0.3 is 0 Å². The van der Waals surface area contributed by atoms with Crippen molar-refractivity contribution < 1.29 is 8.83 Å². The molecular formula is C45H27N3O2. The van der Waals surface area contributed by atoms with Crippen molar-refractivity contribution >= 4 is 43.9 Å². The zero-order valence-electron chi connectivity index (χ0n) is 26.7. The summed E-state index contributed by atoms with van der Waals surface area (Å²) in [6.07, 6.45) is 0. The van der Waals surface area contributed by atoms with E-state index in [9.17, 15) is 0 Å². The Morgan fingerprint density at radius 2 is 0.900 bits per heavy atom. The van der Waals surface area contributed by atoms with Crippen molar-refractivity contribution in [3.63, 3.8) is 0 Å². The molecule has 5 nitrogen and oxygen atoms in total. The Morgan fingerprint density at radius 3 is 1.72 bits per heavy atom. The van der Waals surface area contributed by atoms with Gasteiger partial charge in [-0.1, -0.05) is 133 Å². The Labute approximate surface area is 287 Å². The minimum atomic E-state index is 0.573. The average molecular weight is 642 g/mol. The molecule has 10 aromatic rings. The number of hydrogen-bond donors (Lipinski definition) is 0. The molecule has 0 unspecified atom stereocenters. The van der Waals surface area contributed by atoms with Crippen molar-refractivity contribution in [2.75, 3.05) is 0 Å². The lowest BCUT2D eigenvalue weighted by atomic mass is 9.99. The van der Waals surface area contributed by atoms with Crippen molar-refractivity contribution in [2.45, 2.75) is 0 Å². The first-order valence-electron chi connectivity index (χ1n) is 16.6. The molecule has 10 rings (SSSR count). The highest BCUT2D eigenvalue weighted by atomic mass is 16.3. The summed E-state index contributed by atoms with van der Waals surface area (Å²) in [6.45, 7) is 0. The van der Waals surface area contributed by atoms with Crippen LogP contribution in [0.5, 0.6) is 0 Å². The average Bonchev–Trinajstić information content (AvgIpc) is 3.77. The lowest BCUT2D eigenvalue weighted by molar-refractivity contribution is 0.669. The van der Waals surface area contributed by atoms with Crippen LogP contribution in [0, 0.1) is 0 Å². The largest absolute Gasteiger partial charge is 0.456 e. The summed E-state index contributed by atoms with van der Waals surface area (Å²) in [5.41, 5.74) is 10.3. The Bertz CT molecular complexity index is 2870. The summed E-state index contributed by atoms with van der Waals surface area (Å²) in [5.74, 6) is 1.76. The molecule has 0 saturated heterocycles. The standard InChI is InChI=1S/C45H27N3O2/c1-3-12-28(13-4-1)33-19-11-23-39-41(33)37-25-24-32(27-40(37)49-39)45-47-43(29-14-5-2-6-15-29)46-44(48-45)31-17-9-16-30(26-31)34-20-10-21-36-35-18-7-8-22-38(35)50-42(34)36/h1-27H. The van der Waals surface area contributed by atoms with Crippen LogP contribution < -0.4 is 0 Å². The molecule has 3 aromatic heterocycles. The second-order valence-electron chi connectivity index (χ2n) is 12.4. The Kier molecular flexibility index (Phi) is 6.42. The highest BCUT2D eigenvalue weighted by Gasteiger charge is 2.18. The first kappa shape index (κ1) is 28.2. The van der Waals surface area contributed by atoms with E-state index < -0.39 is 0 Å². The maximum atomic E-state index is 6.45. The van der Waals surface area contributed by atoms with Crippen LogP contribution in [-0.4, -0.2) is 15.0 Å². The molecule has 0 atom stereocenters. The third kappa shape index (κ3) is 4.67. The van der Waals surface area contributed by atoms with Gasteiger partial charge in [-0.05, 0) is 47.0 Å². The zero-order valence-corrected chi connectivity index (χ0v) is 26.7. The number of furan rings is 2. The Morgan fingerprint density at radius 1 is 0.320 bits per heavy atom. The number of aromatic nitrogens is 3. The van der Waals surface area contributed by atoms with Gasteiger partial charge in [-0.3, -0.25) is 0 Å². The topological polar surface area (TPSA) is 65.0 Å². The number of fused-ring (bicyclic) bond motifs is 6. The van der Waals surface area contributed by atoms with Crippen molar-refractivity contribution in [3.05, 3.63) is 164 Å². The van der Waals surface area contributed by atoms with E-state index in [1.54, 1.807) is 0 Å². The number of rotatable bonds is 5. The van der Waals surface area contributed by atoms with Crippen LogP contribution in [0.3, 0.4) is 0 Å². The first-order chi connectivity index (χ1) is 24.8. The van der Waals surface area contributed by atoms with Gasteiger partial charge < -0.3 is 8.83 Å². The van der Waals surface area contributed by atoms with Crippen molar-refractivity contribution in [3.8, 4) is 56.4 Å². The van der Waals surface area contributed by atoms with Crippen LogP contribution in [0.1, 0.15) is 0 Å². The van der Waals surface area contributed by atoms with Crippen LogP contribution in [0.25, 0.3) is 100 Å². The van der Waals surface area contributed by atoms with Gasteiger partial charge in [0.25, 0.3) is 0 Å². The second kappa shape index (κ2) is 11.4. The van der Waals surface area contributed by atoms with E-state index in [1.165, 1.54) is 0 Å². The molecule has 0 aliphatic heterocycles. The molecule has 0 bridgehead atoms. The number of benzene rings is 7. The first-order valence-corrected chi connectivity index (χ1v) is 16.6. The maximum absolute atomic E-state index is 6.45. The van der Waals surface area contributed by atoms with Gasteiger partial charge in [-0.2, -0.15) is 0 Å². The second-order valence-corrected chi connectivity index (χ2v) is 12.4. The van der Waals surface area contributed by atoms with Gasteiger partial charge in [-0.25, -0.2) is 15.0 Å². The predicted molar refractivity (Wildman–Crippen MR) is 202 cm³/mol. The normalized spacial score (nSPS) is 11.6. The third-order valence-corrected chi connectivity index (χ3v) is 9.34. The van der Waals surface area contributed by atoms with Gasteiger partial charge in [0, 0.05) is 43.8 Å². The van der Waals surface area contributed by atoms with Crippen LogP contribution in [0.4, 0.5) is 0 Å². The predicted octanol–water partition coefficient (Wildman–Crippen LogP) is 12.0. The van der Waals surface area contributed by atoms with Crippen LogP contribution in [-0.2, 0) is 0 Å². The summed E-state index contributed by atoms with van der Waals surface area (Å²) in [4.78, 5) is 15.1. The van der Waals surface area contributed by atoms with Crippen molar-refractivity contribution in [1.29, 1.82) is 0 Å². The van der Waals surface area contributed by atoms with E-state index in [1.807, 2.05) is 84.9 Å². The summed E-state index contributed by atoms with van der Waals surface area (Å²) in [7, 11) is 0. The van der Waals surface area contributed by atoms with Gasteiger partial charge in [0.15, 0.2) is 17.5 Å². The number of hydrogen-bond acceptors (Lipinski definition) is 5. The van der Waals surface area contributed by atoms with Crippen LogP contribution >= 0.6 is 0 Å². The van der Waals surface area contributed by atoms with E-state index in [4.69, 9.17) is 23.8 Å². The fraction of sp³-hybridized carbons (Fsp3) is 0. The molecule has 0 N–H and O–H groups in total. The van der Waals surface area contributed by atoms with E-state index in [-0.39, 0.29) is 0 Å². The SMILES string of the molecule is c1ccc(-c2nc(-c3cccc(-c4cccc5c4oc4ccccc45)c3)nc(-c3ccc4c(c3)oc3cccc(-c5ccccc5)c34)n2)cc1. The molecule has 7 aromatic carbocycles. The fourth-order valence-corrected chi connectivity index (χ4v) is 6.97. The molecule has 50 heavy (non-hydrogen) atoms. The summed E-state index contributed by atoms with van der Waals surface area (Å²) < 4.78 is 12.8. The lowest BCUT2D eigenvalue weighted by Gasteiger charge is -2.10. The lowest BCUT2D eigenvalue weighted by Crippen LogP contribution is -2.00. The molecule has 0 amide bonds. The van der Waals surface area contributed by atoms with Gasteiger partial charge in [0.2, 0.25) is 0 Å². The molecule has 0 radical (unpaired) electrons. The number of nitrogens with zero attached hydrogens (tertiary/aromatic N) is 3. The zero-order chi connectivity index (χ0) is 33.0. The minimum absolute atomic E-state index is 0.573. The summed E-state index contributed by atoms with van der Waals surface area (Å²) >= 11 is 0. The molecule has 0 aliphatic carbocycles. The molecule has 0 spiro atoms. The smallest absolute Gasteiger partial charge is 0.164 e. The summed E-state index contributed by atoms with van der Waals surface area (Å²) in [5, 5.41) is 4.34. The van der Waals surface area contributed by atoms with Gasteiger partial charge in [-0.15, -0.1) is 0 Å². The maximum Gasteiger partial charge on any atom is 0.164 e. The fourth-order valence-electron chi connectivity index (χ4n) is 6.97. The molecule has 0 fully saturated rings. The molecule has 3 heterocycles. The quantitative estimate of drug-likeness (QED) is 0.187. The highest BCUT2D eigenvalue weighted by molar-refractivity contribution is 6.13. The molecular weight excluding hydrogens is 615 g/mol. The third-order valence-electron chi connectivity index (χ3n) is 9.34. The Hall–Kier alpha value is -6.85. The molecule has 5 heteroatoms. The Balaban J connectivity index is 1.12. The molecule has 234 valence electrons. The minimum Gasteiger partial charge on any atom is -0.456 e. The van der Waals surface area contributed by atoms with E-state index in [2.05, 4.69) is 78.9 Å². The highest BCUT2D eigenvalue weighted by Crippen LogP contribution is 2.39. The van der Waals surface area contributed by atoms with Crippen LogP contribution in [0.2, 0.25) is 0 Å². The van der Waals surface area contributed by atoms with E-state index >= 15 is 0 Å². The van der Waals surface area contributed by atoms with Gasteiger partial charge in [0.1, 0.15) is 22.3 Å². The molecule has 0 saturated carbocycles. The number of para-hydroxylation sites is 2. The van der Waals surface area contributed by atoms with Crippen LogP contribution in [0.15, 0.2) is 173 Å². The van der Waals surface area contributed by atoms with Crippen molar-refractivity contribution in [2.24, 2.45) is 0 Å². The van der Waals surface area contributed by atoms with Gasteiger partial charge in [0.05, 0.1) is 0 Å². The molecule has 0 aliphatic rings. The monoisotopic (exact) mass is 641 g/mol. The van der Waals surface area contributed by atoms with Crippen molar-refractivity contribution in [1.82, 2.24) is 15.0 Å². The summed E-state index contributed by atoms with van der Waals surface area (Å²) in [6, 6.07) is 55.7. The van der Waals surface area contributed by atoms with E-state index in [0.29, 0.717) is 17.5 Å².